The lowest BCUT2D eigenvalue weighted by atomic mass is 9.87. The minimum absolute atomic E-state index is 0.0699. The van der Waals surface area contributed by atoms with Crippen molar-refractivity contribution in [3.63, 3.8) is 0 Å². The van der Waals surface area contributed by atoms with Crippen molar-refractivity contribution in [3.8, 4) is 17.4 Å². The van der Waals surface area contributed by atoms with Crippen LogP contribution < -0.4 is 25.8 Å². The van der Waals surface area contributed by atoms with Crippen molar-refractivity contribution >= 4 is 34.1 Å². The minimum atomic E-state index is -0.383. The average molecular weight is 458 g/mol. The van der Waals surface area contributed by atoms with Gasteiger partial charge in [-0.15, -0.1) is 0 Å². The smallest absolute Gasteiger partial charge is 0.323 e. The zero-order valence-electron chi connectivity index (χ0n) is 19.5. The quantitative estimate of drug-likeness (QED) is 0.341. The van der Waals surface area contributed by atoms with Crippen molar-refractivity contribution in [2.24, 2.45) is 0 Å². The number of nitrogen functional groups attached to an aromatic ring is 1. The van der Waals surface area contributed by atoms with E-state index < -0.39 is 0 Å². The van der Waals surface area contributed by atoms with E-state index in [-0.39, 0.29) is 17.4 Å². The van der Waals surface area contributed by atoms with Crippen LogP contribution in [0.4, 0.5) is 22.1 Å². The molecule has 0 spiro atoms. The Kier molecular flexibility index (Phi) is 6.23. The molecule has 34 heavy (non-hydrogen) atoms. The third kappa shape index (κ3) is 5.01. The monoisotopic (exact) mass is 457 g/mol. The third-order valence-electron chi connectivity index (χ3n) is 5.31. The molecule has 174 valence electrons. The highest BCUT2D eigenvalue weighted by Crippen LogP contribution is 2.35. The number of carbonyl (C=O) groups is 1. The Morgan fingerprint density at radius 2 is 1.62 bits per heavy atom. The van der Waals surface area contributed by atoms with Crippen molar-refractivity contribution < 1.29 is 14.3 Å². The fraction of sp³-hybridized carbons (Fsp3) is 0.192. The number of methoxy groups -OCH3 is 1. The van der Waals surface area contributed by atoms with Crippen LogP contribution in [0.2, 0.25) is 0 Å². The summed E-state index contributed by atoms with van der Waals surface area (Å²) in [6, 6.07) is 18.2. The average Bonchev–Trinajstić information content (AvgIpc) is 2.80. The van der Waals surface area contributed by atoms with E-state index >= 15 is 0 Å². The van der Waals surface area contributed by atoms with Gasteiger partial charge in [0.1, 0.15) is 11.5 Å². The van der Waals surface area contributed by atoms with Crippen LogP contribution in [0.25, 0.3) is 10.8 Å². The van der Waals surface area contributed by atoms with Gasteiger partial charge in [-0.25, -0.2) is 9.78 Å². The van der Waals surface area contributed by atoms with Gasteiger partial charge in [0, 0.05) is 23.0 Å². The van der Waals surface area contributed by atoms with Crippen LogP contribution in [0.1, 0.15) is 26.3 Å². The highest BCUT2D eigenvalue weighted by atomic mass is 16.5. The summed E-state index contributed by atoms with van der Waals surface area (Å²) in [6.07, 6.45) is 1.53. The van der Waals surface area contributed by atoms with Crippen LogP contribution in [0.3, 0.4) is 0 Å². The topological polar surface area (TPSA) is 111 Å². The van der Waals surface area contributed by atoms with Crippen LogP contribution in [-0.2, 0) is 5.41 Å². The molecule has 3 aromatic carbocycles. The zero-order chi connectivity index (χ0) is 24.3. The lowest BCUT2D eigenvalue weighted by Crippen LogP contribution is -2.21. The maximum atomic E-state index is 12.9. The van der Waals surface area contributed by atoms with Crippen LogP contribution >= 0.6 is 0 Å². The first-order valence-electron chi connectivity index (χ1n) is 10.8. The summed E-state index contributed by atoms with van der Waals surface area (Å²) in [4.78, 5) is 20.9. The van der Waals surface area contributed by atoms with Crippen molar-refractivity contribution in [2.75, 3.05) is 23.5 Å². The number of nitrogens with one attached hydrogen (secondary N) is 2. The summed E-state index contributed by atoms with van der Waals surface area (Å²) in [6.45, 7) is 6.35. The van der Waals surface area contributed by atoms with Gasteiger partial charge in [0.15, 0.2) is 0 Å². The van der Waals surface area contributed by atoms with E-state index in [1.54, 1.807) is 25.3 Å². The Morgan fingerprint density at radius 3 is 2.32 bits per heavy atom. The van der Waals surface area contributed by atoms with E-state index in [1.165, 1.54) is 6.20 Å². The summed E-state index contributed by atoms with van der Waals surface area (Å²) in [7, 11) is 1.58. The summed E-state index contributed by atoms with van der Waals surface area (Å²) >= 11 is 0. The van der Waals surface area contributed by atoms with Gasteiger partial charge in [0.25, 0.3) is 0 Å². The summed E-state index contributed by atoms with van der Waals surface area (Å²) < 4.78 is 11.4. The number of fused-ring (bicyclic) bond motifs is 1. The van der Waals surface area contributed by atoms with Crippen molar-refractivity contribution in [3.05, 3.63) is 72.4 Å². The number of anilines is 3. The normalized spacial score (nSPS) is 11.2. The number of hydrogen-bond acceptors (Lipinski definition) is 6. The molecule has 8 nitrogen and oxygen atoms in total. The fourth-order valence-electron chi connectivity index (χ4n) is 3.54. The molecule has 4 aromatic rings. The molecule has 0 unspecified atom stereocenters. The van der Waals surface area contributed by atoms with E-state index in [0.29, 0.717) is 28.8 Å². The van der Waals surface area contributed by atoms with Crippen LogP contribution in [0.5, 0.6) is 17.4 Å². The van der Waals surface area contributed by atoms with Gasteiger partial charge in [0.05, 0.1) is 18.5 Å². The largest absolute Gasteiger partial charge is 0.495 e. The first-order chi connectivity index (χ1) is 16.2. The summed E-state index contributed by atoms with van der Waals surface area (Å²) in [5, 5.41) is 7.47. The van der Waals surface area contributed by atoms with Gasteiger partial charge in [0.2, 0.25) is 11.8 Å². The second-order valence-electron chi connectivity index (χ2n) is 8.76. The summed E-state index contributed by atoms with van der Waals surface area (Å²) in [5.74, 6) is 1.63. The lowest BCUT2D eigenvalue weighted by Gasteiger charge is -2.21. The van der Waals surface area contributed by atoms with Crippen molar-refractivity contribution in [1.29, 1.82) is 0 Å². The number of rotatable bonds is 5. The summed E-state index contributed by atoms with van der Waals surface area (Å²) in [5.41, 5.74) is 7.90. The van der Waals surface area contributed by atoms with Crippen LogP contribution in [0, 0.1) is 0 Å². The van der Waals surface area contributed by atoms with E-state index in [2.05, 4.69) is 41.4 Å². The van der Waals surface area contributed by atoms with E-state index in [4.69, 9.17) is 15.2 Å². The molecular weight excluding hydrogens is 430 g/mol. The molecule has 1 aromatic heterocycles. The standard InChI is InChI=1S/C26H27N5O3/c1-26(2,3)16-9-11-22(33-4)20(15-16)30-25(32)29-19-10-12-21(18-8-6-5-7-17(18)19)34-23-13-14-28-24(27)31-23/h5-15H,1-4H3,(H2,27,28,31)(H2,29,30,32). The molecule has 0 saturated heterocycles. The number of amides is 2. The van der Waals surface area contributed by atoms with Gasteiger partial charge >= 0.3 is 6.03 Å². The molecule has 2 amide bonds. The van der Waals surface area contributed by atoms with Gasteiger partial charge in [-0.3, -0.25) is 0 Å². The molecule has 1 heterocycles. The van der Waals surface area contributed by atoms with Crippen molar-refractivity contribution in [2.45, 2.75) is 26.2 Å². The molecule has 0 aliphatic carbocycles. The molecule has 0 bridgehead atoms. The van der Waals surface area contributed by atoms with Gasteiger partial charge < -0.3 is 25.8 Å². The lowest BCUT2D eigenvalue weighted by molar-refractivity contribution is 0.262. The van der Waals surface area contributed by atoms with E-state index in [9.17, 15) is 4.79 Å². The van der Waals surface area contributed by atoms with Crippen LogP contribution in [0.15, 0.2) is 66.9 Å². The van der Waals surface area contributed by atoms with Gasteiger partial charge in [-0.2, -0.15) is 4.98 Å². The molecule has 4 N–H and O–H groups in total. The highest BCUT2D eigenvalue weighted by Gasteiger charge is 2.18. The second-order valence-corrected chi connectivity index (χ2v) is 8.76. The molecule has 8 heteroatoms. The fourth-order valence-corrected chi connectivity index (χ4v) is 3.54. The SMILES string of the molecule is COc1ccc(C(C)(C)C)cc1NC(=O)Nc1ccc(Oc2ccnc(N)n2)c2ccccc12. The number of aromatic nitrogens is 2. The van der Waals surface area contributed by atoms with Crippen LogP contribution in [-0.4, -0.2) is 23.1 Å². The molecule has 0 aliphatic rings. The van der Waals surface area contributed by atoms with E-state index in [1.807, 2.05) is 42.5 Å². The second kappa shape index (κ2) is 9.27. The molecule has 0 radical (unpaired) electrons. The zero-order valence-corrected chi connectivity index (χ0v) is 19.5. The van der Waals surface area contributed by atoms with Gasteiger partial charge in [-0.1, -0.05) is 51.1 Å². The Labute approximate surface area is 198 Å². The number of urea groups is 1. The number of hydrogen-bond donors (Lipinski definition) is 3. The Bertz CT molecular complexity index is 1350. The Balaban J connectivity index is 1.60. The Hall–Kier alpha value is -4.33. The molecule has 0 atom stereocenters. The molecule has 0 fully saturated rings. The molecular formula is C26H27N5O3. The number of nitrogens with zero attached hydrogens (tertiary/aromatic N) is 2. The number of ether oxygens (including phenoxy) is 2. The maximum Gasteiger partial charge on any atom is 0.323 e. The first kappa shape index (κ1) is 22.8. The minimum Gasteiger partial charge on any atom is -0.495 e. The predicted molar refractivity (Wildman–Crippen MR) is 135 cm³/mol. The Morgan fingerprint density at radius 1 is 0.912 bits per heavy atom. The number of carbonyl (C=O) groups excluding carboxylic acids is 1. The number of benzene rings is 3. The molecule has 4 rings (SSSR count). The predicted octanol–water partition coefficient (Wildman–Crippen LogP) is 5.95. The number of nitrogens with two attached hydrogens (primary N) is 1. The van der Waals surface area contributed by atoms with E-state index in [0.717, 1.165) is 16.3 Å². The van der Waals surface area contributed by atoms with Gasteiger partial charge in [-0.05, 0) is 35.2 Å². The molecule has 0 aliphatic heterocycles. The first-order valence-corrected chi connectivity index (χ1v) is 10.8. The third-order valence-corrected chi connectivity index (χ3v) is 5.31. The highest BCUT2D eigenvalue weighted by molar-refractivity contribution is 6.08. The maximum absolute atomic E-state index is 12.9. The van der Waals surface area contributed by atoms with Crippen molar-refractivity contribution in [1.82, 2.24) is 9.97 Å². The molecule has 0 saturated carbocycles.